The molecule has 0 spiro atoms. The smallest absolute Gasteiger partial charge is 0.0520 e. The largest absolute Gasteiger partial charge is 0.316 e. The molecule has 0 saturated heterocycles. The summed E-state index contributed by atoms with van der Waals surface area (Å²) in [5, 5.41) is 0. The number of nitrogens with two attached hydrogens (primary N) is 2. The Balaban J connectivity index is 0. The van der Waals surface area contributed by atoms with Gasteiger partial charge in [0.15, 0.2) is 0 Å². The lowest BCUT2D eigenvalue weighted by molar-refractivity contribution is 0.575. The fraction of sp³-hybridized carbons (Fsp3) is 1.00. The van der Waals surface area contributed by atoms with E-state index in [9.17, 15) is 0 Å². The van der Waals surface area contributed by atoms with Crippen LogP contribution in [0.2, 0.25) is 0 Å². The highest BCUT2D eigenvalue weighted by Crippen LogP contribution is 1.97. The van der Waals surface area contributed by atoms with Gasteiger partial charge in [-0.3, -0.25) is 0 Å². The van der Waals surface area contributed by atoms with E-state index in [-0.39, 0.29) is 18.6 Å². The molecule has 0 fully saturated rings. The highest BCUT2D eigenvalue weighted by molar-refractivity contribution is 5.85. The standard InChI is InChI=1S/C6H16N2.ClH/c1-2-3-4-5-6(7)8;/h6H,2-5,7-8H2,1H3;1H. The molecule has 4 N–H and O–H groups in total. The monoisotopic (exact) mass is 152 g/mol. The third-order valence-electron chi connectivity index (χ3n) is 1.14. The fourth-order valence-corrected chi connectivity index (χ4v) is 0.630. The van der Waals surface area contributed by atoms with Gasteiger partial charge in [-0.25, -0.2) is 0 Å². The van der Waals surface area contributed by atoms with Gasteiger partial charge in [0.2, 0.25) is 0 Å². The summed E-state index contributed by atoms with van der Waals surface area (Å²) in [5.41, 5.74) is 10.6. The molecule has 0 amide bonds. The third-order valence-corrected chi connectivity index (χ3v) is 1.14. The summed E-state index contributed by atoms with van der Waals surface area (Å²) in [6, 6.07) is 0. The Bertz CT molecular complexity index is 48.3. The van der Waals surface area contributed by atoms with Crippen LogP contribution < -0.4 is 11.5 Å². The average molecular weight is 153 g/mol. The Labute approximate surface area is 63.4 Å². The van der Waals surface area contributed by atoms with Gasteiger partial charge in [0, 0.05) is 0 Å². The first kappa shape index (κ1) is 11.9. The lowest BCUT2D eigenvalue weighted by Crippen LogP contribution is -2.29. The first-order chi connectivity index (χ1) is 3.77. The normalized spacial score (nSPS) is 9.33. The minimum atomic E-state index is -0.0958. The summed E-state index contributed by atoms with van der Waals surface area (Å²) in [5.74, 6) is 0. The zero-order valence-corrected chi connectivity index (χ0v) is 6.79. The van der Waals surface area contributed by atoms with Crippen molar-refractivity contribution < 1.29 is 0 Å². The van der Waals surface area contributed by atoms with Crippen LogP contribution in [0.3, 0.4) is 0 Å². The Morgan fingerprint density at radius 1 is 1.22 bits per heavy atom. The highest BCUT2D eigenvalue weighted by atomic mass is 35.5. The molecular formula is C6H17ClN2. The molecule has 0 heterocycles. The Morgan fingerprint density at radius 3 is 2.11 bits per heavy atom. The van der Waals surface area contributed by atoms with Crippen LogP contribution in [0.5, 0.6) is 0 Å². The topological polar surface area (TPSA) is 52.0 Å². The molecule has 0 atom stereocenters. The van der Waals surface area contributed by atoms with Gasteiger partial charge in [-0.05, 0) is 6.42 Å². The molecule has 0 radical (unpaired) electrons. The molecule has 2 nitrogen and oxygen atoms in total. The molecule has 0 saturated carbocycles. The summed E-state index contributed by atoms with van der Waals surface area (Å²) < 4.78 is 0. The van der Waals surface area contributed by atoms with Gasteiger partial charge in [-0.1, -0.05) is 26.2 Å². The second-order valence-corrected chi connectivity index (χ2v) is 2.16. The number of hydrogen-bond acceptors (Lipinski definition) is 2. The van der Waals surface area contributed by atoms with Crippen molar-refractivity contribution in [1.29, 1.82) is 0 Å². The van der Waals surface area contributed by atoms with E-state index < -0.39 is 0 Å². The fourth-order valence-electron chi connectivity index (χ4n) is 0.630. The maximum absolute atomic E-state index is 5.31. The van der Waals surface area contributed by atoms with Crippen LogP contribution in [0.4, 0.5) is 0 Å². The zero-order chi connectivity index (χ0) is 6.41. The van der Waals surface area contributed by atoms with Gasteiger partial charge in [0.05, 0.1) is 6.17 Å². The predicted molar refractivity (Wildman–Crippen MR) is 43.6 cm³/mol. The second-order valence-electron chi connectivity index (χ2n) is 2.16. The van der Waals surface area contributed by atoms with Gasteiger partial charge in [-0.2, -0.15) is 0 Å². The lowest BCUT2D eigenvalue weighted by Gasteiger charge is -2.01. The van der Waals surface area contributed by atoms with Gasteiger partial charge >= 0.3 is 0 Å². The van der Waals surface area contributed by atoms with Crippen LogP contribution in [0.25, 0.3) is 0 Å². The molecule has 0 aliphatic rings. The molecule has 3 heteroatoms. The van der Waals surface area contributed by atoms with Gasteiger partial charge in [0.25, 0.3) is 0 Å². The van der Waals surface area contributed by atoms with E-state index in [2.05, 4.69) is 6.92 Å². The lowest BCUT2D eigenvalue weighted by atomic mass is 10.2. The Kier molecular flexibility index (Phi) is 10.9. The van der Waals surface area contributed by atoms with E-state index in [1.54, 1.807) is 0 Å². The molecule has 9 heavy (non-hydrogen) atoms. The predicted octanol–water partition coefficient (Wildman–Crippen LogP) is 1.23. The molecule has 0 unspecified atom stereocenters. The van der Waals surface area contributed by atoms with Crippen molar-refractivity contribution in [1.82, 2.24) is 0 Å². The van der Waals surface area contributed by atoms with Crippen molar-refractivity contribution in [2.24, 2.45) is 11.5 Å². The number of rotatable bonds is 4. The van der Waals surface area contributed by atoms with Crippen LogP contribution in [-0.2, 0) is 0 Å². The molecule has 0 aromatic carbocycles. The second kappa shape index (κ2) is 8.21. The van der Waals surface area contributed by atoms with E-state index in [4.69, 9.17) is 11.5 Å². The molecule has 0 aromatic rings. The van der Waals surface area contributed by atoms with E-state index in [0.717, 1.165) is 6.42 Å². The number of unbranched alkanes of at least 4 members (excludes halogenated alkanes) is 2. The Hall–Kier alpha value is 0.210. The highest BCUT2D eigenvalue weighted by Gasteiger charge is 1.90. The third kappa shape index (κ3) is 11.7. The van der Waals surface area contributed by atoms with E-state index in [1.807, 2.05) is 0 Å². The Morgan fingerprint density at radius 2 is 1.78 bits per heavy atom. The van der Waals surface area contributed by atoms with E-state index >= 15 is 0 Å². The maximum Gasteiger partial charge on any atom is 0.0520 e. The van der Waals surface area contributed by atoms with Crippen molar-refractivity contribution in [2.75, 3.05) is 0 Å². The van der Waals surface area contributed by atoms with Crippen LogP contribution in [-0.4, -0.2) is 6.17 Å². The van der Waals surface area contributed by atoms with Crippen molar-refractivity contribution in [3.8, 4) is 0 Å². The van der Waals surface area contributed by atoms with Crippen LogP contribution in [0.1, 0.15) is 32.6 Å². The molecular weight excluding hydrogens is 136 g/mol. The first-order valence-electron chi connectivity index (χ1n) is 3.28. The van der Waals surface area contributed by atoms with E-state index in [1.165, 1.54) is 19.3 Å². The molecule has 0 bridgehead atoms. The van der Waals surface area contributed by atoms with Gasteiger partial charge in [-0.15, -0.1) is 12.4 Å². The van der Waals surface area contributed by atoms with Crippen molar-refractivity contribution in [3.05, 3.63) is 0 Å². The average Bonchev–Trinajstić information content (AvgIpc) is 1.66. The quantitative estimate of drug-likeness (QED) is 0.471. The zero-order valence-electron chi connectivity index (χ0n) is 5.97. The minimum Gasteiger partial charge on any atom is -0.316 e. The van der Waals surface area contributed by atoms with Crippen LogP contribution in [0, 0.1) is 0 Å². The van der Waals surface area contributed by atoms with Gasteiger partial charge in [0.1, 0.15) is 0 Å². The molecule has 0 rings (SSSR count). The van der Waals surface area contributed by atoms with Crippen LogP contribution in [0.15, 0.2) is 0 Å². The molecule has 0 aliphatic carbocycles. The van der Waals surface area contributed by atoms with Crippen molar-refractivity contribution >= 4 is 12.4 Å². The SMILES string of the molecule is CCCCCC(N)N.Cl. The maximum atomic E-state index is 5.31. The summed E-state index contributed by atoms with van der Waals surface area (Å²) in [4.78, 5) is 0. The first-order valence-corrected chi connectivity index (χ1v) is 3.28. The van der Waals surface area contributed by atoms with E-state index in [0.29, 0.717) is 0 Å². The summed E-state index contributed by atoms with van der Waals surface area (Å²) in [7, 11) is 0. The minimum absolute atomic E-state index is 0. The van der Waals surface area contributed by atoms with Crippen molar-refractivity contribution in [3.63, 3.8) is 0 Å². The summed E-state index contributed by atoms with van der Waals surface area (Å²) in [6.45, 7) is 2.17. The van der Waals surface area contributed by atoms with Gasteiger partial charge < -0.3 is 11.5 Å². The number of hydrogen-bond donors (Lipinski definition) is 2. The summed E-state index contributed by atoms with van der Waals surface area (Å²) in [6.07, 6.45) is 4.54. The molecule has 0 aromatic heterocycles. The summed E-state index contributed by atoms with van der Waals surface area (Å²) >= 11 is 0. The molecule has 58 valence electrons. The van der Waals surface area contributed by atoms with Crippen molar-refractivity contribution in [2.45, 2.75) is 38.8 Å². The van der Waals surface area contributed by atoms with Crippen LogP contribution >= 0.6 is 12.4 Å². The number of halogens is 1. The molecule has 0 aliphatic heterocycles.